The van der Waals surface area contributed by atoms with Crippen molar-refractivity contribution in [3.63, 3.8) is 0 Å². The molecular formula is C14H28ClN5. The van der Waals surface area contributed by atoms with Crippen molar-refractivity contribution in [2.24, 2.45) is 11.7 Å². The SMILES string of the molecule is CC(C)Cn1ncnc1CN1CCCCC1C(C)N.Cl. The van der Waals surface area contributed by atoms with Crippen LogP contribution in [-0.2, 0) is 13.1 Å². The molecule has 1 aromatic rings. The van der Waals surface area contributed by atoms with E-state index in [1.165, 1.54) is 19.3 Å². The first-order valence-electron chi connectivity index (χ1n) is 7.44. The molecule has 2 N–H and O–H groups in total. The van der Waals surface area contributed by atoms with Crippen LogP contribution in [0.3, 0.4) is 0 Å². The summed E-state index contributed by atoms with van der Waals surface area (Å²) in [5.41, 5.74) is 6.12. The fourth-order valence-electron chi connectivity index (χ4n) is 2.90. The second-order valence-electron chi connectivity index (χ2n) is 6.14. The van der Waals surface area contributed by atoms with Crippen LogP contribution in [0.2, 0.25) is 0 Å². The molecule has 6 heteroatoms. The first kappa shape index (κ1) is 17.4. The van der Waals surface area contributed by atoms with E-state index in [-0.39, 0.29) is 18.4 Å². The van der Waals surface area contributed by atoms with E-state index < -0.39 is 0 Å². The predicted octanol–water partition coefficient (Wildman–Crippen LogP) is 2.06. The molecule has 0 aromatic carbocycles. The van der Waals surface area contributed by atoms with E-state index in [4.69, 9.17) is 5.73 Å². The van der Waals surface area contributed by atoms with Crippen molar-refractivity contribution in [1.29, 1.82) is 0 Å². The van der Waals surface area contributed by atoms with Crippen LogP contribution < -0.4 is 5.73 Å². The summed E-state index contributed by atoms with van der Waals surface area (Å²) in [7, 11) is 0. The summed E-state index contributed by atoms with van der Waals surface area (Å²) >= 11 is 0. The van der Waals surface area contributed by atoms with Gasteiger partial charge >= 0.3 is 0 Å². The third-order valence-corrected chi connectivity index (χ3v) is 3.85. The van der Waals surface area contributed by atoms with Crippen molar-refractivity contribution >= 4 is 12.4 Å². The van der Waals surface area contributed by atoms with E-state index in [1.54, 1.807) is 6.33 Å². The van der Waals surface area contributed by atoms with Gasteiger partial charge in [0.15, 0.2) is 0 Å². The lowest BCUT2D eigenvalue weighted by Gasteiger charge is -2.37. The summed E-state index contributed by atoms with van der Waals surface area (Å²) in [6, 6.07) is 0.708. The molecule has 0 bridgehead atoms. The Morgan fingerprint density at radius 1 is 1.35 bits per heavy atom. The number of hydrogen-bond acceptors (Lipinski definition) is 4. The number of nitrogens with two attached hydrogens (primary N) is 1. The standard InChI is InChI=1S/C14H27N5.ClH/c1-11(2)8-19-14(16-10-17-19)9-18-7-5-4-6-13(18)12(3)15;/h10-13H,4-9,15H2,1-3H3;1H. The zero-order valence-corrected chi connectivity index (χ0v) is 13.6. The van der Waals surface area contributed by atoms with Crippen LogP contribution >= 0.6 is 12.4 Å². The minimum Gasteiger partial charge on any atom is -0.327 e. The Bertz CT molecular complexity index is 391. The highest BCUT2D eigenvalue weighted by molar-refractivity contribution is 5.85. The smallest absolute Gasteiger partial charge is 0.141 e. The molecular weight excluding hydrogens is 274 g/mol. The maximum Gasteiger partial charge on any atom is 0.141 e. The molecule has 0 saturated carbocycles. The number of piperidine rings is 1. The molecule has 2 unspecified atom stereocenters. The van der Waals surface area contributed by atoms with E-state index in [0.29, 0.717) is 12.0 Å². The number of rotatable bonds is 5. The van der Waals surface area contributed by atoms with E-state index in [2.05, 4.69) is 35.8 Å². The fraction of sp³-hybridized carbons (Fsp3) is 0.857. The third kappa shape index (κ3) is 4.43. The molecule has 0 spiro atoms. The Kier molecular flexibility index (Phi) is 6.92. The van der Waals surface area contributed by atoms with Crippen molar-refractivity contribution < 1.29 is 0 Å². The van der Waals surface area contributed by atoms with Gasteiger partial charge in [0.25, 0.3) is 0 Å². The van der Waals surface area contributed by atoms with Crippen LogP contribution in [0.1, 0.15) is 45.9 Å². The first-order valence-corrected chi connectivity index (χ1v) is 7.44. The number of likely N-dealkylation sites (tertiary alicyclic amines) is 1. The van der Waals surface area contributed by atoms with Gasteiger partial charge in [0, 0.05) is 18.6 Å². The number of halogens is 1. The van der Waals surface area contributed by atoms with Crippen molar-refractivity contribution in [1.82, 2.24) is 19.7 Å². The molecule has 2 rings (SSSR count). The van der Waals surface area contributed by atoms with Crippen LogP contribution in [0.15, 0.2) is 6.33 Å². The van der Waals surface area contributed by atoms with Crippen LogP contribution in [0.4, 0.5) is 0 Å². The van der Waals surface area contributed by atoms with Crippen LogP contribution in [0.25, 0.3) is 0 Å². The molecule has 1 saturated heterocycles. The topological polar surface area (TPSA) is 60.0 Å². The number of nitrogens with zero attached hydrogens (tertiary/aromatic N) is 4. The summed E-state index contributed by atoms with van der Waals surface area (Å²) in [4.78, 5) is 6.91. The minimum absolute atomic E-state index is 0. The summed E-state index contributed by atoms with van der Waals surface area (Å²) < 4.78 is 2.04. The van der Waals surface area contributed by atoms with Gasteiger partial charge in [-0.05, 0) is 32.2 Å². The normalized spacial score (nSPS) is 21.8. The maximum absolute atomic E-state index is 6.12. The lowest BCUT2D eigenvalue weighted by molar-refractivity contribution is 0.117. The molecule has 1 aliphatic heterocycles. The van der Waals surface area contributed by atoms with E-state index in [0.717, 1.165) is 25.5 Å². The number of aromatic nitrogens is 3. The Balaban J connectivity index is 0.00000200. The molecule has 0 amide bonds. The van der Waals surface area contributed by atoms with Gasteiger partial charge in [-0.2, -0.15) is 5.10 Å². The van der Waals surface area contributed by atoms with Gasteiger partial charge in [0.05, 0.1) is 6.54 Å². The summed E-state index contributed by atoms with van der Waals surface area (Å²) in [5, 5.41) is 4.34. The van der Waals surface area contributed by atoms with Gasteiger partial charge in [0.1, 0.15) is 12.2 Å². The Morgan fingerprint density at radius 2 is 2.10 bits per heavy atom. The molecule has 20 heavy (non-hydrogen) atoms. The zero-order valence-electron chi connectivity index (χ0n) is 12.8. The van der Waals surface area contributed by atoms with E-state index in [1.807, 2.05) is 4.68 Å². The third-order valence-electron chi connectivity index (χ3n) is 3.85. The van der Waals surface area contributed by atoms with Crippen molar-refractivity contribution in [2.75, 3.05) is 6.54 Å². The van der Waals surface area contributed by atoms with Crippen molar-refractivity contribution in [3.8, 4) is 0 Å². The molecule has 5 nitrogen and oxygen atoms in total. The largest absolute Gasteiger partial charge is 0.327 e. The molecule has 1 aliphatic rings. The predicted molar refractivity (Wildman–Crippen MR) is 83.8 cm³/mol. The second-order valence-corrected chi connectivity index (χ2v) is 6.14. The highest BCUT2D eigenvalue weighted by atomic mass is 35.5. The lowest BCUT2D eigenvalue weighted by Crippen LogP contribution is -2.48. The molecule has 116 valence electrons. The Labute approximate surface area is 128 Å². The van der Waals surface area contributed by atoms with Gasteiger partial charge in [0.2, 0.25) is 0 Å². The van der Waals surface area contributed by atoms with Crippen molar-refractivity contribution in [2.45, 2.75) is 65.2 Å². The average Bonchev–Trinajstić information content (AvgIpc) is 2.76. The minimum atomic E-state index is 0. The monoisotopic (exact) mass is 301 g/mol. The first-order chi connectivity index (χ1) is 9.08. The Hall–Kier alpha value is -0.650. The zero-order chi connectivity index (χ0) is 13.8. The quantitative estimate of drug-likeness (QED) is 0.904. The molecule has 1 aromatic heterocycles. The Morgan fingerprint density at radius 3 is 2.75 bits per heavy atom. The molecule has 2 heterocycles. The average molecular weight is 302 g/mol. The second kappa shape index (κ2) is 7.96. The molecule has 0 radical (unpaired) electrons. The summed E-state index contributed by atoms with van der Waals surface area (Å²) in [6.07, 6.45) is 5.43. The lowest BCUT2D eigenvalue weighted by atomic mass is 9.97. The van der Waals surface area contributed by atoms with Gasteiger partial charge in [-0.25, -0.2) is 9.67 Å². The highest BCUT2D eigenvalue weighted by Gasteiger charge is 2.26. The van der Waals surface area contributed by atoms with E-state index in [9.17, 15) is 0 Å². The summed E-state index contributed by atoms with van der Waals surface area (Å²) in [5.74, 6) is 1.66. The van der Waals surface area contributed by atoms with Crippen molar-refractivity contribution in [3.05, 3.63) is 12.2 Å². The molecule has 2 atom stereocenters. The van der Waals surface area contributed by atoms with Gasteiger partial charge in [-0.3, -0.25) is 4.90 Å². The van der Waals surface area contributed by atoms with Gasteiger partial charge in [-0.15, -0.1) is 12.4 Å². The fourth-order valence-corrected chi connectivity index (χ4v) is 2.90. The van der Waals surface area contributed by atoms with Gasteiger partial charge in [-0.1, -0.05) is 20.3 Å². The van der Waals surface area contributed by atoms with Gasteiger partial charge < -0.3 is 5.73 Å². The maximum atomic E-state index is 6.12. The summed E-state index contributed by atoms with van der Waals surface area (Å²) in [6.45, 7) is 9.46. The van der Waals surface area contributed by atoms with Crippen LogP contribution in [0, 0.1) is 5.92 Å². The van der Waals surface area contributed by atoms with E-state index >= 15 is 0 Å². The number of hydrogen-bond donors (Lipinski definition) is 1. The molecule has 0 aliphatic carbocycles. The highest BCUT2D eigenvalue weighted by Crippen LogP contribution is 2.20. The van der Waals surface area contributed by atoms with Crippen LogP contribution in [0.5, 0.6) is 0 Å². The molecule has 1 fully saturated rings. The van der Waals surface area contributed by atoms with Crippen LogP contribution in [-0.4, -0.2) is 38.3 Å².